The second-order valence-electron chi connectivity index (χ2n) is 2.89. The van der Waals surface area contributed by atoms with Crippen molar-refractivity contribution in [2.45, 2.75) is 20.3 Å². The molecule has 1 rings (SSSR count). The quantitative estimate of drug-likeness (QED) is 0.785. The molecule has 96 valence electrons. The molecule has 0 fully saturated rings. The van der Waals surface area contributed by atoms with Crippen molar-refractivity contribution in [3.05, 3.63) is 0 Å². The zero-order valence-corrected chi connectivity index (χ0v) is 9.61. The van der Waals surface area contributed by atoms with Gasteiger partial charge in [-0.15, -0.1) is 4.98 Å². The summed E-state index contributed by atoms with van der Waals surface area (Å²) in [4.78, 5) is 11.5. The molecule has 0 aromatic carbocycles. The summed E-state index contributed by atoms with van der Waals surface area (Å²) in [6.45, 7) is 3.80. The van der Waals surface area contributed by atoms with Gasteiger partial charge < -0.3 is 14.8 Å². The maximum atomic E-state index is 12.0. The lowest BCUT2D eigenvalue weighted by Gasteiger charge is -2.08. The van der Waals surface area contributed by atoms with Crippen LogP contribution in [-0.2, 0) is 0 Å². The molecule has 0 radical (unpaired) electrons. The van der Waals surface area contributed by atoms with E-state index in [-0.39, 0.29) is 18.0 Å². The number of ether oxygens (including phenoxy) is 2. The standard InChI is InChI=1S/C9H14F2N4O2/c1-3-12-7-13-8(16-4-2)15-9(14-7)17-5-6(10)11/h6H,3-5H2,1-2H3,(H,12,13,14,15). The number of hydrogen-bond donors (Lipinski definition) is 1. The first-order chi connectivity index (χ1) is 8.15. The second kappa shape index (κ2) is 6.77. The highest BCUT2D eigenvalue weighted by molar-refractivity contribution is 5.27. The van der Waals surface area contributed by atoms with E-state index in [0.29, 0.717) is 13.2 Å². The summed E-state index contributed by atoms with van der Waals surface area (Å²) in [7, 11) is 0. The fourth-order valence-electron chi connectivity index (χ4n) is 0.971. The van der Waals surface area contributed by atoms with E-state index in [9.17, 15) is 8.78 Å². The Bertz CT molecular complexity index is 328. The molecular formula is C9H14F2N4O2. The molecule has 0 spiro atoms. The Balaban J connectivity index is 2.79. The molecule has 0 unspecified atom stereocenters. The number of halogens is 2. The van der Waals surface area contributed by atoms with Crippen LogP contribution in [0.5, 0.6) is 12.0 Å². The van der Waals surface area contributed by atoms with Crippen LogP contribution in [0.15, 0.2) is 0 Å². The van der Waals surface area contributed by atoms with Gasteiger partial charge in [0.1, 0.15) is 0 Å². The Hall–Kier alpha value is -1.73. The van der Waals surface area contributed by atoms with Gasteiger partial charge in [-0.25, -0.2) is 8.78 Å². The van der Waals surface area contributed by atoms with Gasteiger partial charge >= 0.3 is 12.0 Å². The van der Waals surface area contributed by atoms with E-state index < -0.39 is 13.0 Å². The molecule has 0 aliphatic heterocycles. The van der Waals surface area contributed by atoms with Crippen LogP contribution in [0.4, 0.5) is 14.7 Å². The first-order valence-corrected chi connectivity index (χ1v) is 5.19. The minimum Gasteiger partial charge on any atom is -0.464 e. The van der Waals surface area contributed by atoms with Crippen LogP contribution < -0.4 is 14.8 Å². The third-order valence-electron chi connectivity index (χ3n) is 1.54. The molecule has 0 aliphatic carbocycles. The normalized spacial score (nSPS) is 10.4. The van der Waals surface area contributed by atoms with Gasteiger partial charge in [-0.1, -0.05) is 0 Å². The average Bonchev–Trinajstić information content (AvgIpc) is 2.27. The summed E-state index contributed by atoms with van der Waals surface area (Å²) in [6, 6.07) is -0.137. The van der Waals surface area contributed by atoms with Gasteiger partial charge in [0.2, 0.25) is 5.95 Å². The molecule has 1 aromatic heterocycles. The van der Waals surface area contributed by atoms with Crippen molar-refractivity contribution in [3.63, 3.8) is 0 Å². The van der Waals surface area contributed by atoms with Crippen LogP contribution in [0.25, 0.3) is 0 Å². The molecule has 6 nitrogen and oxygen atoms in total. The summed E-state index contributed by atoms with van der Waals surface area (Å²) in [5.74, 6) is 0.232. The predicted molar refractivity (Wildman–Crippen MR) is 56.7 cm³/mol. The van der Waals surface area contributed by atoms with Crippen LogP contribution in [-0.4, -0.2) is 41.1 Å². The van der Waals surface area contributed by atoms with Crippen LogP contribution in [0.3, 0.4) is 0 Å². The van der Waals surface area contributed by atoms with Crippen LogP contribution in [0.2, 0.25) is 0 Å². The first-order valence-electron chi connectivity index (χ1n) is 5.19. The van der Waals surface area contributed by atoms with Gasteiger partial charge in [0.05, 0.1) is 6.61 Å². The van der Waals surface area contributed by atoms with E-state index in [0.717, 1.165) is 0 Å². The van der Waals surface area contributed by atoms with Crippen molar-refractivity contribution < 1.29 is 18.3 Å². The average molecular weight is 248 g/mol. The Labute approximate surface area is 97.4 Å². The fraction of sp³-hybridized carbons (Fsp3) is 0.667. The van der Waals surface area contributed by atoms with Crippen LogP contribution in [0.1, 0.15) is 13.8 Å². The fourth-order valence-corrected chi connectivity index (χ4v) is 0.971. The Morgan fingerprint density at radius 3 is 2.29 bits per heavy atom. The molecule has 0 saturated heterocycles. The van der Waals surface area contributed by atoms with E-state index in [1.807, 2.05) is 6.92 Å². The van der Waals surface area contributed by atoms with Crippen LogP contribution >= 0.6 is 0 Å². The number of nitrogens with zero attached hydrogens (tertiary/aromatic N) is 3. The number of nitrogens with one attached hydrogen (secondary N) is 1. The summed E-state index contributed by atoms with van der Waals surface area (Å²) < 4.78 is 33.7. The molecule has 1 aromatic rings. The lowest BCUT2D eigenvalue weighted by Crippen LogP contribution is -2.12. The monoisotopic (exact) mass is 248 g/mol. The topological polar surface area (TPSA) is 69.2 Å². The molecule has 1 N–H and O–H groups in total. The summed E-state index contributed by atoms with van der Waals surface area (Å²) >= 11 is 0. The summed E-state index contributed by atoms with van der Waals surface area (Å²) in [5.41, 5.74) is 0. The van der Waals surface area contributed by atoms with E-state index >= 15 is 0 Å². The zero-order valence-electron chi connectivity index (χ0n) is 9.61. The van der Waals surface area contributed by atoms with E-state index in [4.69, 9.17) is 9.47 Å². The van der Waals surface area contributed by atoms with Gasteiger partial charge in [-0.05, 0) is 13.8 Å². The van der Waals surface area contributed by atoms with Crippen molar-refractivity contribution in [3.8, 4) is 12.0 Å². The van der Waals surface area contributed by atoms with Crippen molar-refractivity contribution in [1.29, 1.82) is 0 Å². The van der Waals surface area contributed by atoms with Gasteiger partial charge in [-0.3, -0.25) is 0 Å². The van der Waals surface area contributed by atoms with E-state index in [2.05, 4.69) is 20.3 Å². The molecule has 17 heavy (non-hydrogen) atoms. The molecular weight excluding hydrogens is 234 g/mol. The predicted octanol–water partition coefficient (Wildman–Crippen LogP) is 1.35. The van der Waals surface area contributed by atoms with E-state index in [1.54, 1.807) is 6.92 Å². The number of anilines is 1. The highest BCUT2D eigenvalue weighted by Crippen LogP contribution is 2.13. The summed E-state index contributed by atoms with van der Waals surface area (Å²) in [5, 5.41) is 2.82. The van der Waals surface area contributed by atoms with Crippen molar-refractivity contribution in [1.82, 2.24) is 15.0 Å². The number of aromatic nitrogens is 3. The molecule has 8 heteroatoms. The van der Waals surface area contributed by atoms with Gasteiger partial charge in [0, 0.05) is 6.54 Å². The highest BCUT2D eigenvalue weighted by Gasteiger charge is 2.10. The molecule has 0 aliphatic rings. The Morgan fingerprint density at radius 1 is 1.12 bits per heavy atom. The SMILES string of the molecule is CCNc1nc(OCC)nc(OCC(F)F)n1. The minimum atomic E-state index is -2.58. The number of rotatable bonds is 7. The smallest absolute Gasteiger partial charge is 0.324 e. The van der Waals surface area contributed by atoms with Gasteiger partial charge in [0.25, 0.3) is 6.43 Å². The third kappa shape index (κ3) is 4.75. The van der Waals surface area contributed by atoms with Gasteiger partial charge in [0.15, 0.2) is 6.61 Å². The third-order valence-corrected chi connectivity index (χ3v) is 1.54. The number of alkyl halides is 2. The second-order valence-corrected chi connectivity index (χ2v) is 2.89. The zero-order chi connectivity index (χ0) is 12.7. The molecule has 0 amide bonds. The molecule has 0 atom stereocenters. The Kier molecular flexibility index (Phi) is 5.31. The maximum Gasteiger partial charge on any atom is 0.324 e. The maximum absolute atomic E-state index is 12.0. The lowest BCUT2D eigenvalue weighted by atomic mass is 10.7. The molecule has 1 heterocycles. The molecule has 0 saturated carbocycles. The lowest BCUT2D eigenvalue weighted by molar-refractivity contribution is 0.0763. The van der Waals surface area contributed by atoms with Crippen molar-refractivity contribution in [2.75, 3.05) is 25.1 Å². The Morgan fingerprint density at radius 2 is 1.76 bits per heavy atom. The molecule has 0 bridgehead atoms. The van der Waals surface area contributed by atoms with Crippen LogP contribution in [0, 0.1) is 0 Å². The largest absolute Gasteiger partial charge is 0.464 e. The first kappa shape index (κ1) is 13.3. The summed E-state index contributed by atoms with van der Waals surface area (Å²) in [6.07, 6.45) is -2.58. The van der Waals surface area contributed by atoms with Crippen molar-refractivity contribution in [2.24, 2.45) is 0 Å². The number of hydrogen-bond acceptors (Lipinski definition) is 6. The van der Waals surface area contributed by atoms with Gasteiger partial charge in [-0.2, -0.15) is 9.97 Å². The minimum absolute atomic E-state index is 0.0442. The highest BCUT2D eigenvalue weighted by atomic mass is 19.3. The van der Waals surface area contributed by atoms with Crippen molar-refractivity contribution >= 4 is 5.95 Å². The van der Waals surface area contributed by atoms with E-state index in [1.165, 1.54) is 0 Å².